The molecule has 0 fully saturated rings. The molecule has 6 heteroatoms. The number of halogens is 2. The molecule has 0 unspecified atom stereocenters. The highest BCUT2D eigenvalue weighted by Crippen LogP contribution is 2.24. The topological polar surface area (TPSA) is 47.9 Å². The quantitative estimate of drug-likeness (QED) is 0.378. The van der Waals surface area contributed by atoms with Crippen LogP contribution >= 0.6 is 23.2 Å². The van der Waals surface area contributed by atoms with E-state index in [0.29, 0.717) is 33.7 Å². The van der Waals surface area contributed by atoms with Gasteiger partial charge in [0.05, 0.1) is 5.57 Å². The van der Waals surface area contributed by atoms with Crippen LogP contribution in [0.2, 0.25) is 10.0 Å². The number of carbonyl (C=O) groups excluding carboxylic acids is 1. The summed E-state index contributed by atoms with van der Waals surface area (Å²) < 4.78 is 5.79. The Morgan fingerprint density at radius 2 is 1.72 bits per heavy atom. The van der Waals surface area contributed by atoms with Crippen molar-refractivity contribution < 1.29 is 14.4 Å². The Morgan fingerprint density at radius 1 is 0.966 bits per heavy atom. The zero-order chi connectivity index (χ0) is 20.2. The van der Waals surface area contributed by atoms with Gasteiger partial charge in [0, 0.05) is 21.2 Å². The Kier molecular flexibility index (Phi) is 5.65. The molecule has 0 bridgehead atoms. The van der Waals surface area contributed by atoms with Crippen LogP contribution in [0.15, 0.2) is 83.5 Å². The fraction of sp³-hybridized carbons (Fsp3) is 0.0435. The molecule has 0 radical (unpaired) electrons. The molecular formula is C23H15Cl2NO3. The minimum Gasteiger partial charge on any atom is -0.489 e. The smallest absolute Gasteiger partial charge is 0.368 e. The summed E-state index contributed by atoms with van der Waals surface area (Å²) in [5.74, 6) is 0.214. The molecule has 29 heavy (non-hydrogen) atoms. The molecule has 0 atom stereocenters. The highest BCUT2D eigenvalue weighted by Gasteiger charge is 2.26. The van der Waals surface area contributed by atoms with E-state index in [0.717, 1.165) is 16.7 Å². The summed E-state index contributed by atoms with van der Waals surface area (Å²) in [6.07, 6.45) is 1.75. The van der Waals surface area contributed by atoms with Crippen molar-refractivity contribution in [3.05, 3.63) is 105 Å². The van der Waals surface area contributed by atoms with Gasteiger partial charge in [0.15, 0.2) is 0 Å². The maximum atomic E-state index is 12.1. The van der Waals surface area contributed by atoms with Crippen LogP contribution < -0.4 is 4.74 Å². The van der Waals surface area contributed by atoms with Gasteiger partial charge in [-0.2, -0.15) is 0 Å². The van der Waals surface area contributed by atoms with Crippen LogP contribution in [0.3, 0.4) is 0 Å². The van der Waals surface area contributed by atoms with Crippen molar-refractivity contribution in [2.75, 3.05) is 0 Å². The van der Waals surface area contributed by atoms with E-state index >= 15 is 0 Å². The molecule has 3 aromatic carbocycles. The fourth-order valence-corrected chi connectivity index (χ4v) is 3.30. The molecule has 1 aliphatic heterocycles. The first-order valence-electron chi connectivity index (χ1n) is 8.84. The molecule has 0 aromatic heterocycles. The normalized spacial score (nSPS) is 14.6. The van der Waals surface area contributed by atoms with Gasteiger partial charge in [0.25, 0.3) is 0 Å². The minimum absolute atomic E-state index is 0.327. The molecule has 3 aromatic rings. The largest absolute Gasteiger partial charge is 0.489 e. The zero-order valence-corrected chi connectivity index (χ0v) is 16.7. The summed E-state index contributed by atoms with van der Waals surface area (Å²) in [4.78, 5) is 17.0. The Hall–Kier alpha value is -3.08. The standard InChI is InChI=1S/C23H15Cl2NO3/c24-18-9-8-17(21(25)13-18)14-28-19-10-6-15(7-11-19)12-20-22(26-29-23(20)27)16-4-2-1-3-5-16/h1-13H,14H2. The molecule has 0 aliphatic carbocycles. The van der Waals surface area contributed by atoms with Gasteiger partial charge in [-0.25, -0.2) is 4.79 Å². The van der Waals surface area contributed by atoms with E-state index in [2.05, 4.69) is 5.16 Å². The van der Waals surface area contributed by atoms with Crippen LogP contribution in [0, 0.1) is 0 Å². The van der Waals surface area contributed by atoms with Gasteiger partial charge in [-0.15, -0.1) is 0 Å². The lowest BCUT2D eigenvalue weighted by molar-refractivity contribution is -0.136. The molecular weight excluding hydrogens is 409 g/mol. The van der Waals surface area contributed by atoms with E-state index in [-0.39, 0.29) is 0 Å². The SMILES string of the molecule is O=C1ON=C(c2ccccc2)C1=Cc1ccc(OCc2ccc(Cl)cc2Cl)cc1. The highest BCUT2D eigenvalue weighted by atomic mass is 35.5. The van der Waals surface area contributed by atoms with Crippen molar-refractivity contribution in [3.8, 4) is 5.75 Å². The third kappa shape index (κ3) is 4.50. The third-order valence-corrected chi connectivity index (χ3v) is 4.93. The van der Waals surface area contributed by atoms with Crippen LogP contribution in [-0.2, 0) is 16.2 Å². The lowest BCUT2D eigenvalue weighted by Gasteiger charge is -2.08. The van der Waals surface area contributed by atoms with Gasteiger partial charge in [-0.05, 0) is 35.9 Å². The van der Waals surface area contributed by atoms with E-state index in [4.69, 9.17) is 32.8 Å². The summed E-state index contributed by atoms with van der Waals surface area (Å²) in [5.41, 5.74) is 3.44. The molecule has 1 heterocycles. The molecule has 144 valence electrons. The first-order valence-corrected chi connectivity index (χ1v) is 9.59. The maximum absolute atomic E-state index is 12.1. The number of rotatable bonds is 5. The number of benzene rings is 3. The molecule has 0 amide bonds. The van der Waals surface area contributed by atoms with E-state index in [9.17, 15) is 4.79 Å². The fourth-order valence-electron chi connectivity index (χ4n) is 2.84. The van der Waals surface area contributed by atoms with Gasteiger partial charge in [-0.1, -0.05) is 76.9 Å². The van der Waals surface area contributed by atoms with Crippen molar-refractivity contribution in [2.45, 2.75) is 6.61 Å². The Labute approximate surface area is 178 Å². The second-order valence-electron chi connectivity index (χ2n) is 6.34. The van der Waals surface area contributed by atoms with E-state index in [1.807, 2.05) is 60.7 Å². The van der Waals surface area contributed by atoms with Crippen LogP contribution in [0.5, 0.6) is 5.75 Å². The first kappa shape index (κ1) is 19.2. The number of nitrogens with zero attached hydrogens (tertiary/aromatic N) is 1. The number of carbonyl (C=O) groups is 1. The van der Waals surface area contributed by atoms with Crippen LogP contribution in [0.1, 0.15) is 16.7 Å². The lowest BCUT2D eigenvalue weighted by Crippen LogP contribution is -2.06. The second kappa shape index (κ2) is 8.52. The highest BCUT2D eigenvalue weighted by molar-refractivity contribution is 6.35. The summed E-state index contributed by atoms with van der Waals surface area (Å²) in [7, 11) is 0. The monoisotopic (exact) mass is 423 g/mol. The number of ether oxygens (including phenoxy) is 1. The summed E-state index contributed by atoms with van der Waals surface area (Å²) in [6.45, 7) is 0.327. The van der Waals surface area contributed by atoms with Crippen LogP contribution in [0.25, 0.3) is 6.08 Å². The molecule has 4 nitrogen and oxygen atoms in total. The van der Waals surface area contributed by atoms with Crippen molar-refractivity contribution in [1.82, 2.24) is 0 Å². The molecule has 0 saturated carbocycles. The number of hydrogen-bond acceptors (Lipinski definition) is 4. The molecule has 0 N–H and O–H groups in total. The molecule has 1 aliphatic rings. The Morgan fingerprint density at radius 3 is 2.45 bits per heavy atom. The van der Waals surface area contributed by atoms with E-state index in [1.165, 1.54) is 0 Å². The minimum atomic E-state index is -0.471. The van der Waals surface area contributed by atoms with Gasteiger partial charge in [0.2, 0.25) is 0 Å². The predicted molar refractivity (Wildman–Crippen MR) is 114 cm³/mol. The van der Waals surface area contributed by atoms with Crippen molar-refractivity contribution in [3.63, 3.8) is 0 Å². The van der Waals surface area contributed by atoms with Crippen LogP contribution in [0.4, 0.5) is 0 Å². The summed E-state index contributed by atoms with van der Waals surface area (Å²) >= 11 is 12.1. The number of hydrogen-bond donors (Lipinski definition) is 0. The molecule has 0 spiro atoms. The first-order chi connectivity index (χ1) is 14.1. The lowest BCUT2D eigenvalue weighted by atomic mass is 10.0. The maximum Gasteiger partial charge on any atom is 0.368 e. The van der Waals surface area contributed by atoms with Crippen molar-refractivity contribution in [1.29, 1.82) is 0 Å². The van der Waals surface area contributed by atoms with Gasteiger partial charge in [-0.3, -0.25) is 0 Å². The summed E-state index contributed by atoms with van der Waals surface area (Å²) in [6, 6.07) is 22.1. The average molecular weight is 424 g/mol. The van der Waals surface area contributed by atoms with E-state index in [1.54, 1.807) is 18.2 Å². The van der Waals surface area contributed by atoms with Crippen molar-refractivity contribution >= 4 is 41.0 Å². The Bertz CT molecular complexity index is 1110. The average Bonchev–Trinajstić information content (AvgIpc) is 3.09. The summed E-state index contributed by atoms with van der Waals surface area (Å²) in [5, 5.41) is 5.06. The van der Waals surface area contributed by atoms with Gasteiger partial charge < -0.3 is 9.57 Å². The van der Waals surface area contributed by atoms with Gasteiger partial charge in [0.1, 0.15) is 18.1 Å². The Balaban J connectivity index is 1.49. The second-order valence-corrected chi connectivity index (χ2v) is 7.18. The van der Waals surface area contributed by atoms with Gasteiger partial charge >= 0.3 is 5.97 Å². The van der Waals surface area contributed by atoms with Crippen LogP contribution in [-0.4, -0.2) is 11.7 Å². The predicted octanol–water partition coefficient (Wildman–Crippen LogP) is 5.92. The molecule has 0 saturated heterocycles. The molecule has 4 rings (SSSR count). The third-order valence-electron chi connectivity index (χ3n) is 4.34. The number of oxime groups is 1. The zero-order valence-electron chi connectivity index (χ0n) is 15.1. The van der Waals surface area contributed by atoms with E-state index < -0.39 is 5.97 Å². The van der Waals surface area contributed by atoms with Crippen molar-refractivity contribution in [2.24, 2.45) is 5.16 Å².